The molecule has 0 aliphatic heterocycles. The number of alkyl halides is 5. The number of hydrogen-bond acceptors (Lipinski definition) is 3. The van der Waals surface area contributed by atoms with Crippen LogP contribution in [0.15, 0.2) is 53.4 Å². The van der Waals surface area contributed by atoms with Crippen LogP contribution in [0.25, 0.3) is 0 Å². The Kier molecular flexibility index (Phi) is 6.47. The van der Waals surface area contributed by atoms with E-state index in [4.69, 9.17) is 0 Å². The van der Waals surface area contributed by atoms with E-state index in [2.05, 4.69) is 10.1 Å². The van der Waals surface area contributed by atoms with Gasteiger partial charge in [0.05, 0.1) is 16.5 Å². The van der Waals surface area contributed by atoms with Crippen LogP contribution < -0.4 is 10.1 Å². The first-order valence-corrected chi connectivity index (χ1v) is 8.23. The van der Waals surface area contributed by atoms with Crippen LogP contribution in [-0.4, -0.2) is 17.8 Å². The predicted octanol–water partition coefficient (Wildman–Crippen LogP) is 5.43. The summed E-state index contributed by atoms with van der Waals surface area (Å²) in [4.78, 5) is 12.5. The molecule has 0 saturated carbocycles. The van der Waals surface area contributed by atoms with Gasteiger partial charge in [0.1, 0.15) is 5.75 Å². The molecule has 2 rings (SSSR count). The average Bonchev–Trinajstić information content (AvgIpc) is 2.55. The molecule has 2 aromatic carbocycles. The van der Waals surface area contributed by atoms with E-state index in [1.54, 1.807) is 0 Å². The van der Waals surface area contributed by atoms with Crippen molar-refractivity contribution in [3.05, 3.63) is 54.1 Å². The lowest BCUT2D eigenvalue weighted by Crippen LogP contribution is -2.23. The van der Waals surface area contributed by atoms with Gasteiger partial charge < -0.3 is 10.1 Å². The number of para-hydroxylation sites is 2. The molecule has 0 radical (unpaired) electrons. The fourth-order valence-electron chi connectivity index (χ4n) is 2.01. The Bertz CT molecular complexity index is 767. The van der Waals surface area contributed by atoms with Gasteiger partial charge in [-0.25, -0.2) is 0 Å². The van der Waals surface area contributed by atoms with E-state index in [9.17, 15) is 26.7 Å². The number of carbonyl (C=O) groups excluding carboxylic acids is 1. The highest BCUT2D eigenvalue weighted by atomic mass is 32.2. The van der Waals surface area contributed by atoms with Crippen molar-refractivity contribution in [3.8, 4) is 5.75 Å². The number of amides is 1. The lowest BCUT2D eigenvalue weighted by Gasteiger charge is -2.15. The van der Waals surface area contributed by atoms with Crippen molar-refractivity contribution in [1.82, 2.24) is 0 Å². The van der Waals surface area contributed by atoms with Crippen LogP contribution >= 0.6 is 11.8 Å². The molecule has 2 aromatic rings. The molecule has 1 atom stereocenters. The highest BCUT2D eigenvalue weighted by molar-refractivity contribution is 8.00. The van der Waals surface area contributed by atoms with Gasteiger partial charge in [0.2, 0.25) is 5.91 Å². The number of ether oxygens (including phenoxy) is 1. The van der Waals surface area contributed by atoms with Crippen LogP contribution in [0.2, 0.25) is 0 Å². The van der Waals surface area contributed by atoms with Crippen LogP contribution in [-0.2, 0) is 11.0 Å². The molecule has 9 heteroatoms. The van der Waals surface area contributed by atoms with E-state index in [1.165, 1.54) is 43.3 Å². The lowest BCUT2D eigenvalue weighted by molar-refractivity contribution is -0.137. The zero-order valence-electron chi connectivity index (χ0n) is 13.4. The Hall–Kier alpha value is -2.29. The summed E-state index contributed by atoms with van der Waals surface area (Å²) >= 11 is 0.920. The molecule has 1 amide bonds. The van der Waals surface area contributed by atoms with Gasteiger partial charge in [0.25, 0.3) is 0 Å². The molecule has 140 valence electrons. The van der Waals surface area contributed by atoms with Gasteiger partial charge in [0.15, 0.2) is 0 Å². The number of anilines is 1. The number of halogens is 5. The van der Waals surface area contributed by atoms with Gasteiger partial charge >= 0.3 is 12.8 Å². The molecule has 0 heterocycles. The van der Waals surface area contributed by atoms with Crippen molar-refractivity contribution in [2.45, 2.75) is 29.9 Å². The first-order chi connectivity index (χ1) is 12.2. The molecular weight excluding hydrogens is 377 g/mol. The molecule has 0 spiro atoms. The van der Waals surface area contributed by atoms with Crippen LogP contribution in [0.1, 0.15) is 12.5 Å². The molecule has 0 aliphatic carbocycles. The third kappa shape index (κ3) is 5.62. The quantitative estimate of drug-likeness (QED) is 0.527. The average molecular weight is 391 g/mol. The number of nitrogens with one attached hydrogen (secondary N) is 1. The van der Waals surface area contributed by atoms with Crippen molar-refractivity contribution in [2.75, 3.05) is 5.32 Å². The van der Waals surface area contributed by atoms with Gasteiger partial charge in [-0.2, -0.15) is 22.0 Å². The Morgan fingerprint density at radius 3 is 2.46 bits per heavy atom. The van der Waals surface area contributed by atoms with Crippen LogP contribution in [0, 0.1) is 0 Å². The number of rotatable bonds is 6. The topological polar surface area (TPSA) is 38.3 Å². The standard InChI is InChI=1S/C17H14F5NO2S/c1-10(26-12-6-4-5-11(9-12)17(20,21)22)15(24)23-13-7-2-3-8-14(13)25-16(18)19/h2-10,16H,1H3,(H,23,24)/t10-/m0/s1. The number of benzene rings is 2. The second-order valence-corrected chi connectivity index (χ2v) is 6.56. The molecule has 0 unspecified atom stereocenters. The minimum absolute atomic E-state index is 0.0503. The number of thioether (sulfide) groups is 1. The Morgan fingerprint density at radius 1 is 1.12 bits per heavy atom. The summed E-state index contributed by atoms with van der Waals surface area (Å²) < 4.78 is 67.3. The molecule has 0 bridgehead atoms. The van der Waals surface area contributed by atoms with Crippen molar-refractivity contribution >= 4 is 23.4 Å². The second kappa shape index (κ2) is 8.39. The van der Waals surface area contributed by atoms with E-state index in [0.29, 0.717) is 0 Å². The van der Waals surface area contributed by atoms with Crippen molar-refractivity contribution in [3.63, 3.8) is 0 Å². The maximum atomic E-state index is 12.7. The fraction of sp³-hybridized carbons (Fsp3) is 0.235. The van der Waals surface area contributed by atoms with E-state index < -0.39 is 29.5 Å². The minimum Gasteiger partial charge on any atom is -0.433 e. The fourth-order valence-corrected chi connectivity index (χ4v) is 2.93. The van der Waals surface area contributed by atoms with Gasteiger partial charge in [-0.15, -0.1) is 11.8 Å². The summed E-state index contributed by atoms with van der Waals surface area (Å²) in [5.41, 5.74) is -0.764. The van der Waals surface area contributed by atoms with E-state index in [0.717, 1.165) is 23.9 Å². The molecule has 0 fully saturated rings. The molecule has 0 aromatic heterocycles. The molecule has 0 aliphatic rings. The summed E-state index contributed by atoms with van der Waals surface area (Å²) in [6.45, 7) is -1.55. The molecule has 1 N–H and O–H groups in total. The highest BCUT2D eigenvalue weighted by Crippen LogP contribution is 2.33. The molecule has 0 saturated heterocycles. The molecular formula is C17H14F5NO2S. The van der Waals surface area contributed by atoms with Crippen molar-refractivity contribution < 1.29 is 31.5 Å². The molecule has 3 nitrogen and oxygen atoms in total. The normalized spacial score (nSPS) is 12.7. The summed E-state index contributed by atoms with van der Waals surface area (Å²) in [5, 5.41) is 1.67. The van der Waals surface area contributed by atoms with E-state index in [1.807, 2.05) is 0 Å². The zero-order valence-corrected chi connectivity index (χ0v) is 14.2. The van der Waals surface area contributed by atoms with Crippen LogP contribution in [0.3, 0.4) is 0 Å². The van der Waals surface area contributed by atoms with Crippen molar-refractivity contribution in [1.29, 1.82) is 0 Å². The van der Waals surface area contributed by atoms with Gasteiger partial charge in [-0.05, 0) is 37.3 Å². The van der Waals surface area contributed by atoms with Gasteiger partial charge in [-0.1, -0.05) is 18.2 Å². The maximum absolute atomic E-state index is 12.7. The first-order valence-electron chi connectivity index (χ1n) is 7.35. The molecule has 26 heavy (non-hydrogen) atoms. The predicted molar refractivity (Wildman–Crippen MR) is 88.5 cm³/mol. The zero-order chi connectivity index (χ0) is 19.3. The van der Waals surface area contributed by atoms with Crippen LogP contribution in [0.4, 0.5) is 27.6 Å². The third-order valence-electron chi connectivity index (χ3n) is 3.20. The Labute approximate surface area is 150 Å². The Balaban J connectivity index is 2.07. The van der Waals surface area contributed by atoms with Gasteiger partial charge in [-0.3, -0.25) is 4.79 Å². The third-order valence-corrected chi connectivity index (χ3v) is 4.30. The summed E-state index contributed by atoms with van der Waals surface area (Å²) in [5.74, 6) is -0.759. The number of carbonyl (C=O) groups is 1. The summed E-state index contributed by atoms with van der Waals surface area (Å²) in [6, 6.07) is 10.2. The maximum Gasteiger partial charge on any atom is 0.416 e. The monoisotopic (exact) mass is 391 g/mol. The smallest absolute Gasteiger partial charge is 0.416 e. The lowest BCUT2D eigenvalue weighted by atomic mass is 10.2. The first kappa shape index (κ1) is 20.0. The highest BCUT2D eigenvalue weighted by Gasteiger charge is 2.30. The van der Waals surface area contributed by atoms with E-state index >= 15 is 0 Å². The van der Waals surface area contributed by atoms with Gasteiger partial charge in [0, 0.05) is 4.90 Å². The SMILES string of the molecule is C[C@H](Sc1cccc(C(F)(F)F)c1)C(=O)Nc1ccccc1OC(F)F. The minimum atomic E-state index is -4.48. The second-order valence-electron chi connectivity index (χ2n) is 5.15. The Morgan fingerprint density at radius 2 is 1.81 bits per heavy atom. The number of hydrogen-bond donors (Lipinski definition) is 1. The van der Waals surface area contributed by atoms with Crippen LogP contribution in [0.5, 0.6) is 5.75 Å². The largest absolute Gasteiger partial charge is 0.433 e. The summed E-state index contributed by atoms with van der Waals surface area (Å²) in [6.07, 6.45) is -4.48. The van der Waals surface area contributed by atoms with E-state index in [-0.39, 0.29) is 16.3 Å². The van der Waals surface area contributed by atoms with Crippen molar-refractivity contribution in [2.24, 2.45) is 0 Å². The summed E-state index contributed by atoms with van der Waals surface area (Å²) in [7, 11) is 0.